The molecule has 1 aromatic carbocycles. The van der Waals surface area contributed by atoms with Gasteiger partial charge in [-0.3, -0.25) is 4.79 Å². The first kappa shape index (κ1) is 15.1. The maximum Gasteiger partial charge on any atom is 0.326 e. The Morgan fingerprint density at radius 2 is 2.00 bits per heavy atom. The molecule has 0 heterocycles. The lowest BCUT2D eigenvalue weighted by Crippen LogP contribution is -2.41. The molecule has 0 bridgehead atoms. The number of halogens is 1. The first-order valence-electron chi connectivity index (χ1n) is 6.11. The van der Waals surface area contributed by atoms with Crippen LogP contribution in [-0.4, -0.2) is 23.0 Å². The first-order valence-corrected chi connectivity index (χ1v) is 6.11. The highest BCUT2D eigenvalue weighted by Gasteiger charge is 2.22. The standard InChI is InChI=1S/C14H18FNO3/c1-8(2)6-12(14(18)19)16-13(17)11-5-4-10(15)7-9(11)3/h4-5,7-8,12H,6H2,1-3H3,(H,16,17)(H,18,19)/t12-/m1/s1. The topological polar surface area (TPSA) is 66.4 Å². The Bertz CT molecular complexity index is 486. The van der Waals surface area contributed by atoms with Crippen LogP contribution >= 0.6 is 0 Å². The fraction of sp³-hybridized carbons (Fsp3) is 0.429. The fourth-order valence-corrected chi connectivity index (χ4v) is 1.81. The largest absolute Gasteiger partial charge is 0.480 e. The molecule has 5 heteroatoms. The molecule has 19 heavy (non-hydrogen) atoms. The zero-order chi connectivity index (χ0) is 14.6. The van der Waals surface area contributed by atoms with Crippen LogP contribution in [0, 0.1) is 18.7 Å². The number of nitrogens with one attached hydrogen (secondary N) is 1. The molecule has 4 nitrogen and oxygen atoms in total. The van der Waals surface area contributed by atoms with Crippen LogP contribution in [-0.2, 0) is 4.79 Å². The first-order chi connectivity index (χ1) is 8.81. The average Bonchev–Trinajstić information content (AvgIpc) is 2.26. The number of amides is 1. The van der Waals surface area contributed by atoms with Crippen molar-refractivity contribution in [2.45, 2.75) is 33.2 Å². The van der Waals surface area contributed by atoms with Crippen LogP contribution < -0.4 is 5.32 Å². The predicted octanol–water partition coefficient (Wildman–Crippen LogP) is 2.36. The van der Waals surface area contributed by atoms with Gasteiger partial charge in [0.05, 0.1) is 0 Å². The Kier molecular flexibility index (Phi) is 5.03. The van der Waals surface area contributed by atoms with Crippen molar-refractivity contribution < 1.29 is 19.1 Å². The lowest BCUT2D eigenvalue weighted by atomic mass is 10.0. The van der Waals surface area contributed by atoms with Crippen LogP contribution in [0.3, 0.4) is 0 Å². The molecule has 0 aliphatic rings. The minimum Gasteiger partial charge on any atom is -0.480 e. The molecule has 0 saturated carbocycles. The highest BCUT2D eigenvalue weighted by molar-refractivity contribution is 5.97. The van der Waals surface area contributed by atoms with E-state index < -0.39 is 23.7 Å². The zero-order valence-corrected chi connectivity index (χ0v) is 11.2. The van der Waals surface area contributed by atoms with Gasteiger partial charge in [0.2, 0.25) is 0 Å². The number of carboxylic acid groups (broad SMARTS) is 1. The number of aliphatic carboxylic acids is 1. The Balaban J connectivity index is 2.84. The second kappa shape index (κ2) is 6.31. The third kappa shape index (κ3) is 4.35. The van der Waals surface area contributed by atoms with Gasteiger partial charge in [-0.1, -0.05) is 13.8 Å². The Morgan fingerprint density at radius 1 is 1.37 bits per heavy atom. The molecule has 0 aliphatic carbocycles. The number of hydrogen-bond acceptors (Lipinski definition) is 2. The molecule has 1 rings (SSSR count). The highest BCUT2D eigenvalue weighted by atomic mass is 19.1. The van der Waals surface area contributed by atoms with Crippen molar-refractivity contribution >= 4 is 11.9 Å². The van der Waals surface area contributed by atoms with Gasteiger partial charge in [0.1, 0.15) is 11.9 Å². The van der Waals surface area contributed by atoms with Crippen LogP contribution in [0.1, 0.15) is 36.2 Å². The number of rotatable bonds is 5. The fourth-order valence-electron chi connectivity index (χ4n) is 1.81. The highest BCUT2D eigenvalue weighted by Crippen LogP contribution is 2.11. The monoisotopic (exact) mass is 267 g/mol. The summed E-state index contributed by atoms with van der Waals surface area (Å²) < 4.78 is 12.9. The number of carbonyl (C=O) groups is 2. The van der Waals surface area contributed by atoms with E-state index in [1.54, 1.807) is 6.92 Å². The number of benzene rings is 1. The molecule has 0 aromatic heterocycles. The van der Waals surface area contributed by atoms with Gasteiger partial charge < -0.3 is 10.4 Å². The predicted molar refractivity (Wildman–Crippen MR) is 69.5 cm³/mol. The zero-order valence-electron chi connectivity index (χ0n) is 11.2. The Morgan fingerprint density at radius 3 is 2.47 bits per heavy atom. The summed E-state index contributed by atoms with van der Waals surface area (Å²) in [7, 11) is 0. The molecule has 0 saturated heterocycles. The van der Waals surface area contributed by atoms with Crippen molar-refractivity contribution in [3.05, 3.63) is 35.1 Å². The van der Waals surface area contributed by atoms with Gasteiger partial charge in [-0.15, -0.1) is 0 Å². The van der Waals surface area contributed by atoms with E-state index in [9.17, 15) is 14.0 Å². The van der Waals surface area contributed by atoms with E-state index in [2.05, 4.69) is 5.32 Å². The second-order valence-corrected chi connectivity index (χ2v) is 4.95. The second-order valence-electron chi connectivity index (χ2n) is 4.95. The molecule has 2 N–H and O–H groups in total. The molecule has 104 valence electrons. The molecular formula is C14H18FNO3. The molecule has 1 amide bonds. The molecule has 0 fully saturated rings. The van der Waals surface area contributed by atoms with E-state index >= 15 is 0 Å². The molecule has 0 aliphatic heterocycles. The third-order valence-corrected chi connectivity index (χ3v) is 2.74. The molecule has 0 radical (unpaired) electrons. The van der Waals surface area contributed by atoms with E-state index in [1.165, 1.54) is 18.2 Å². The summed E-state index contributed by atoms with van der Waals surface area (Å²) >= 11 is 0. The number of carboxylic acids is 1. The molecule has 1 aromatic rings. The lowest BCUT2D eigenvalue weighted by Gasteiger charge is -2.17. The molecule has 0 spiro atoms. The van der Waals surface area contributed by atoms with E-state index in [-0.39, 0.29) is 11.5 Å². The van der Waals surface area contributed by atoms with Crippen LogP contribution in [0.15, 0.2) is 18.2 Å². The summed E-state index contributed by atoms with van der Waals surface area (Å²) in [5, 5.41) is 11.5. The van der Waals surface area contributed by atoms with Gasteiger partial charge in [-0.05, 0) is 43.0 Å². The van der Waals surface area contributed by atoms with Gasteiger partial charge >= 0.3 is 5.97 Å². The summed E-state index contributed by atoms with van der Waals surface area (Å²) in [5.74, 6) is -1.84. The normalized spacial score (nSPS) is 12.3. The van der Waals surface area contributed by atoms with Crippen molar-refractivity contribution in [3.8, 4) is 0 Å². The maximum absolute atomic E-state index is 12.9. The number of hydrogen-bond donors (Lipinski definition) is 2. The van der Waals surface area contributed by atoms with E-state index in [0.29, 0.717) is 12.0 Å². The van der Waals surface area contributed by atoms with Crippen molar-refractivity contribution in [2.75, 3.05) is 0 Å². The smallest absolute Gasteiger partial charge is 0.326 e. The summed E-state index contributed by atoms with van der Waals surface area (Å²) in [6.45, 7) is 5.37. The average molecular weight is 267 g/mol. The van der Waals surface area contributed by atoms with Crippen LogP contribution in [0.25, 0.3) is 0 Å². The number of aryl methyl sites for hydroxylation is 1. The summed E-state index contributed by atoms with van der Waals surface area (Å²) in [4.78, 5) is 23.0. The van der Waals surface area contributed by atoms with Crippen LogP contribution in [0.5, 0.6) is 0 Å². The van der Waals surface area contributed by atoms with E-state index in [1.807, 2.05) is 13.8 Å². The summed E-state index contributed by atoms with van der Waals surface area (Å²) in [6, 6.07) is 2.85. The van der Waals surface area contributed by atoms with Gasteiger partial charge in [0, 0.05) is 5.56 Å². The lowest BCUT2D eigenvalue weighted by molar-refractivity contribution is -0.139. The molecular weight excluding hydrogens is 249 g/mol. The van der Waals surface area contributed by atoms with E-state index in [0.717, 1.165) is 0 Å². The Labute approximate surface area is 111 Å². The molecule has 1 atom stereocenters. The minimum atomic E-state index is -1.07. The third-order valence-electron chi connectivity index (χ3n) is 2.74. The summed E-state index contributed by atoms with van der Waals surface area (Å²) in [6.07, 6.45) is 0.349. The van der Waals surface area contributed by atoms with Crippen LogP contribution in [0.4, 0.5) is 4.39 Å². The van der Waals surface area contributed by atoms with Crippen molar-refractivity contribution in [1.82, 2.24) is 5.32 Å². The Hall–Kier alpha value is -1.91. The van der Waals surface area contributed by atoms with Gasteiger partial charge in [-0.25, -0.2) is 9.18 Å². The summed E-state index contributed by atoms with van der Waals surface area (Å²) in [5.41, 5.74) is 0.766. The van der Waals surface area contributed by atoms with Crippen LogP contribution in [0.2, 0.25) is 0 Å². The van der Waals surface area contributed by atoms with E-state index in [4.69, 9.17) is 5.11 Å². The van der Waals surface area contributed by atoms with Crippen molar-refractivity contribution in [3.63, 3.8) is 0 Å². The quantitative estimate of drug-likeness (QED) is 0.860. The van der Waals surface area contributed by atoms with Crippen molar-refractivity contribution in [1.29, 1.82) is 0 Å². The van der Waals surface area contributed by atoms with Gasteiger partial charge in [0.25, 0.3) is 5.91 Å². The molecule has 0 unspecified atom stereocenters. The van der Waals surface area contributed by atoms with Gasteiger partial charge in [-0.2, -0.15) is 0 Å². The van der Waals surface area contributed by atoms with Crippen molar-refractivity contribution in [2.24, 2.45) is 5.92 Å². The van der Waals surface area contributed by atoms with Gasteiger partial charge in [0.15, 0.2) is 0 Å². The SMILES string of the molecule is Cc1cc(F)ccc1C(=O)N[C@H](CC(C)C)C(=O)O. The maximum atomic E-state index is 12.9. The minimum absolute atomic E-state index is 0.149. The number of carbonyl (C=O) groups excluding carboxylic acids is 1.